The van der Waals surface area contributed by atoms with Crippen LogP contribution in [0.2, 0.25) is 0 Å². The Morgan fingerprint density at radius 1 is 1.27 bits per heavy atom. The lowest BCUT2D eigenvalue weighted by atomic mass is 10.2. The normalized spacial score (nSPS) is 21.3. The second-order valence-electron chi connectivity index (χ2n) is 2.41. The first-order valence-corrected chi connectivity index (χ1v) is 4.09. The molecule has 0 spiro atoms. The highest BCUT2D eigenvalue weighted by Gasteiger charge is 2.17. The largest absolute Gasteiger partial charge is 0.623 e. The Morgan fingerprint density at radius 2 is 2.00 bits per heavy atom. The Hall–Kier alpha value is -0.640. The van der Waals surface area contributed by atoms with Crippen LogP contribution in [0.5, 0.6) is 0 Å². The van der Waals surface area contributed by atoms with Crippen LogP contribution in [0.25, 0.3) is 6.08 Å². The fraction of sp³-hybridized carbons (Fsp3) is 0. The zero-order valence-electron chi connectivity index (χ0n) is 5.67. The van der Waals surface area contributed by atoms with Crippen LogP contribution in [0.1, 0.15) is 5.56 Å². The number of rotatable bonds is 0. The summed E-state index contributed by atoms with van der Waals surface area (Å²) in [4.78, 5) is 0. The van der Waals surface area contributed by atoms with E-state index in [9.17, 15) is 5.21 Å². The van der Waals surface area contributed by atoms with Gasteiger partial charge in [0.05, 0.1) is 0 Å². The Morgan fingerprint density at radius 3 is 2.73 bits per heavy atom. The van der Waals surface area contributed by atoms with Crippen LogP contribution < -0.4 is 5.06 Å². The molecule has 2 nitrogen and oxygen atoms in total. The molecule has 0 saturated carbocycles. The molecule has 1 aliphatic heterocycles. The standard InChI is InChI=1S/C8H6BrNO/c9-8-5-6-3-1-2-4-7(6)10(8)11/h1-5,10H. The first-order chi connectivity index (χ1) is 5.29. The second kappa shape index (κ2) is 2.44. The summed E-state index contributed by atoms with van der Waals surface area (Å²) in [6.45, 7) is 0. The minimum atomic E-state index is 0.0839. The van der Waals surface area contributed by atoms with Crippen molar-refractivity contribution in [2.45, 2.75) is 0 Å². The fourth-order valence-corrected chi connectivity index (χ4v) is 1.62. The molecule has 1 unspecified atom stereocenters. The first-order valence-electron chi connectivity index (χ1n) is 3.30. The van der Waals surface area contributed by atoms with Crippen LogP contribution in [-0.4, -0.2) is 0 Å². The average Bonchev–Trinajstić information content (AvgIpc) is 2.30. The molecule has 0 fully saturated rings. The molecule has 0 saturated heterocycles. The van der Waals surface area contributed by atoms with Crippen molar-refractivity contribution in [3.8, 4) is 0 Å². The third kappa shape index (κ3) is 1.01. The van der Waals surface area contributed by atoms with Gasteiger partial charge in [0.15, 0.2) is 4.61 Å². The number of halogens is 1. The molecule has 11 heavy (non-hydrogen) atoms. The number of nitrogens with one attached hydrogen (secondary N) is 1. The number of para-hydroxylation sites is 1. The van der Waals surface area contributed by atoms with E-state index in [4.69, 9.17) is 0 Å². The summed E-state index contributed by atoms with van der Waals surface area (Å²) in [6.07, 6.45) is 1.84. The van der Waals surface area contributed by atoms with Gasteiger partial charge in [-0.3, -0.25) is 0 Å². The Balaban J connectivity index is 2.58. The van der Waals surface area contributed by atoms with E-state index >= 15 is 0 Å². The number of hydrogen-bond acceptors (Lipinski definition) is 1. The van der Waals surface area contributed by atoms with Gasteiger partial charge >= 0.3 is 0 Å². The summed E-state index contributed by atoms with van der Waals surface area (Å²) >= 11 is 3.20. The predicted molar refractivity (Wildman–Crippen MR) is 47.3 cm³/mol. The minimum absolute atomic E-state index is 0.0839. The highest BCUT2D eigenvalue weighted by Crippen LogP contribution is 2.21. The molecule has 56 valence electrons. The summed E-state index contributed by atoms with van der Waals surface area (Å²) in [6, 6.07) is 7.56. The predicted octanol–water partition coefficient (Wildman–Crippen LogP) is 1.41. The van der Waals surface area contributed by atoms with Crippen LogP contribution in [0, 0.1) is 5.21 Å². The molecule has 0 radical (unpaired) electrons. The highest BCUT2D eigenvalue weighted by atomic mass is 79.9. The van der Waals surface area contributed by atoms with Crippen LogP contribution in [0.3, 0.4) is 0 Å². The second-order valence-corrected chi connectivity index (χ2v) is 3.26. The quantitative estimate of drug-likeness (QED) is 0.510. The topological polar surface area (TPSA) is 27.5 Å². The van der Waals surface area contributed by atoms with Gasteiger partial charge in [-0.25, -0.2) is 0 Å². The third-order valence-electron chi connectivity index (χ3n) is 1.70. The molecule has 3 heteroatoms. The molecule has 2 rings (SSSR count). The van der Waals surface area contributed by atoms with Gasteiger partial charge in [0.2, 0.25) is 0 Å². The van der Waals surface area contributed by atoms with E-state index in [0.29, 0.717) is 4.61 Å². The van der Waals surface area contributed by atoms with Crippen LogP contribution in [0.15, 0.2) is 28.9 Å². The lowest BCUT2D eigenvalue weighted by Crippen LogP contribution is -2.97. The van der Waals surface area contributed by atoms with Gasteiger partial charge in [-0.2, -0.15) is 0 Å². The summed E-state index contributed by atoms with van der Waals surface area (Å²) in [5.74, 6) is 0. The average molecular weight is 212 g/mol. The Labute approximate surface area is 72.8 Å². The van der Waals surface area contributed by atoms with E-state index in [-0.39, 0.29) is 5.06 Å². The van der Waals surface area contributed by atoms with Crippen molar-refractivity contribution >= 4 is 27.7 Å². The SMILES string of the molecule is [O-][NH+]1C(Br)=Cc2ccccc21. The monoisotopic (exact) mass is 211 g/mol. The molecule has 0 aromatic heterocycles. The van der Waals surface area contributed by atoms with E-state index in [1.54, 1.807) is 0 Å². The maximum atomic E-state index is 11.3. The summed E-state index contributed by atoms with van der Waals surface area (Å²) in [5.41, 5.74) is 1.80. The fourth-order valence-electron chi connectivity index (χ4n) is 1.16. The molecule has 1 N–H and O–H groups in total. The van der Waals surface area contributed by atoms with E-state index in [1.165, 1.54) is 0 Å². The molecule has 0 aliphatic carbocycles. The molecule has 1 aromatic carbocycles. The number of quaternary nitrogens is 1. The van der Waals surface area contributed by atoms with Crippen molar-refractivity contribution in [2.75, 3.05) is 0 Å². The molecule has 0 bridgehead atoms. The Bertz CT molecular complexity index is 322. The number of benzene rings is 1. The Kier molecular flexibility index (Phi) is 1.56. The van der Waals surface area contributed by atoms with Crippen LogP contribution in [-0.2, 0) is 0 Å². The maximum Gasteiger partial charge on any atom is 0.179 e. The van der Waals surface area contributed by atoms with E-state index in [2.05, 4.69) is 15.9 Å². The number of fused-ring (bicyclic) bond motifs is 1. The third-order valence-corrected chi connectivity index (χ3v) is 2.29. The minimum Gasteiger partial charge on any atom is -0.623 e. The molecule has 1 heterocycles. The first kappa shape index (κ1) is 7.03. The van der Waals surface area contributed by atoms with E-state index in [1.807, 2.05) is 30.3 Å². The van der Waals surface area contributed by atoms with Crippen molar-refractivity contribution in [3.05, 3.63) is 39.6 Å². The number of hydroxylamine groups is 1. The van der Waals surface area contributed by atoms with Gasteiger partial charge in [0.25, 0.3) is 0 Å². The lowest BCUT2D eigenvalue weighted by molar-refractivity contribution is -0.715. The van der Waals surface area contributed by atoms with E-state index in [0.717, 1.165) is 11.3 Å². The summed E-state index contributed by atoms with van der Waals surface area (Å²) < 4.78 is 0.652. The molecular formula is C8H6BrNO. The van der Waals surface area contributed by atoms with Crippen molar-refractivity contribution in [1.82, 2.24) is 0 Å². The molecule has 1 atom stereocenters. The van der Waals surface area contributed by atoms with Gasteiger partial charge in [0.1, 0.15) is 5.69 Å². The molecule has 1 aromatic rings. The van der Waals surface area contributed by atoms with Gasteiger partial charge in [-0.05, 0) is 6.07 Å². The highest BCUT2D eigenvalue weighted by molar-refractivity contribution is 9.11. The van der Waals surface area contributed by atoms with Crippen molar-refractivity contribution in [3.63, 3.8) is 0 Å². The van der Waals surface area contributed by atoms with Crippen molar-refractivity contribution in [2.24, 2.45) is 0 Å². The lowest BCUT2D eigenvalue weighted by Gasteiger charge is -2.15. The van der Waals surface area contributed by atoms with Gasteiger partial charge < -0.3 is 10.3 Å². The smallest absolute Gasteiger partial charge is 0.179 e. The zero-order chi connectivity index (χ0) is 7.84. The van der Waals surface area contributed by atoms with Gasteiger partial charge in [-0.1, -0.05) is 12.1 Å². The summed E-state index contributed by atoms with van der Waals surface area (Å²) in [7, 11) is 0. The van der Waals surface area contributed by atoms with Crippen molar-refractivity contribution < 1.29 is 5.06 Å². The number of hydrogen-bond donors (Lipinski definition) is 1. The molecular weight excluding hydrogens is 206 g/mol. The van der Waals surface area contributed by atoms with Gasteiger partial charge in [0, 0.05) is 33.6 Å². The molecule has 1 aliphatic rings. The van der Waals surface area contributed by atoms with Crippen LogP contribution in [0.4, 0.5) is 5.69 Å². The zero-order valence-corrected chi connectivity index (χ0v) is 7.26. The maximum absolute atomic E-state index is 11.3. The van der Waals surface area contributed by atoms with Crippen LogP contribution >= 0.6 is 15.9 Å². The summed E-state index contributed by atoms with van der Waals surface area (Å²) in [5, 5.41) is 11.4. The molecule has 0 amide bonds. The van der Waals surface area contributed by atoms with Gasteiger partial charge in [-0.15, -0.1) is 0 Å². The van der Waals surface area contributed by atoms with E-state index < -0.39 is 0 Å². The van der Waals surface area contributed by atoms with Crippen molar-refractivity contribution in [1.29, 1.82) is 0 Å².